The van der Waals surface area contributed by atoms with E-state index in [0.717, 1.165) is 0 Å². The van der Waals surface area contributed by atoms with Crippen molar-refractivity contribution < 1.29 is 19.6 Å². The van der Waals surface area contributed by atoms with Crippen molar-refractivity contribution in [2.24, 2.45) is 5.92 Å². The molecule has 8 heteroatoms. The van der Waals surface area contributed by atoms with Crippen molar-refractivity contribution in [3.05, 3.63) is 33.9 Å². The van der Waals surface area contributed by atoms with Gasteiger partial charge in [0.25, 0.3) is 5.69 Å². The van der Waals surface area contributed by atoms with E-state index in [1.165, 1.54) is 32.0 Å². The Morgan fingerprint density at radius 2 is 1.95 bits per heavy atom. The van der Waals surface area contributed by atoms with Crippen molar-refractivity contribution in [3.63, 3.8) is 0 Å². The minimum Gasteiger partial charge on any atom is -0.481 e. The summed E-state index contributed by atoms with van der Waals surface area (Å²) in [5.41, 5.74) is 0.535. The van der Waals surface area contributed by atoms with Crippen LogP contribution in [0.15, 0.2) is 18.2 Å². The number of nitrogens with zero attached hydrogens (tertiary/aromatic N) is 1. The Morgan fingerprint density at radius 3 is 2.48 bits per heavy atom. The molecule has 114 valence electrons. The summed E-state index contributed by atoms with van der Waals surface area (Å²) < 4.78 is 0. The number of anilines is 1. The third-order valence-electron chi connectivity index (χ3n) is 3.25. The molecule has 0 saturated heterocycles. The number of carbonyl (C=O) groups is 2. The van der Waals surface area contributed by atoms with Crippen LogP contribution in [0.5, 0.6) is 0 Å². The highest BCUT2D eigenvalue weighted by atomic mass is 16.6. The molecule has 0 heterocycles. The van der Waals surface area contributed by atoms with Crippen molar-refractivity contribution in [3.8, 4) is 0 Å². The Bertz CT molecular complexity index is 573. The summed E-state index contributed by atoms with van der Waals surface area (Å²) in [5, 5.41) is 24.6. The molecule has 21 heavy (non-hydrogen) atoms. The molecule has 0 bridgehead atoms. The fraction of sp³-hybridized carbons (Fsp3) is 0.385. The van der Waals surface area contributed by atoms with E-state index in [2.05, 4.69) is 10.6 Å². The van der Waals surface area contributed by atoms with Crippen molar-refractivity contribution in [1.82, 2.24) is 5.32 Å². The Hall–Kier alpha value is -2.64. The number of amides is 2. The Kier molecular flexibility index (Phi) is 5.23. The maximum Gasteiger partial charge on any atom is 0.319 e. The summed E-state index contributed by atoms with van der Waals surface area (Å²) in [5.74, 6) is -1.77. The van der Waals surface area contributed by atoms with E-state index in [-0.39, 0.29) is 5.69 Å². The first kappa shape index (κ1) is 16.4. The van der Waals surface area contributed by atoms with E-state index in [0.29, 0.717) is 11.3 Å². The van der Waals surface area contributed by atoms with Gasteiger partial charge in [-0.3, -0.25) is 14.9 Å². The monoisotopic (exact) mass is 295 g/mol. The number of rotatable bonds is 5. The molecule has 3 N–H and O–H groups in total. The number of nitro groups is 1. The van der Waals surface area contributed by atoms with Crippen LogP contribution in [0.25, 0.3) is 0 Å². The van der Waals surface area contributed by atoms with Gasteiger partial charge in [0.1, 0.15) is 0 Å². The van der Waals surface area contributed by atoms with E-state index in [1.54, 1.807) is 6.92 Å². The number of hydrogen-bond acceptors (Lipinski definition) is 4. The largest absolute Gasteiger partial charge is 0.481 e. The van der Waals surface area contributed by atoms with Crippen LogP contribution in [-0.4, -0.2) is 28.1 Å². The first-order valence-corrected chi connectivity index (χ1v) is 6.28. The molecule has 0 saturated carbocycles. The van der Waals surface area contributed by atoms with Crippen LogP contribution < -0.4 is 10.6 Å². The molecule has 2 amide bonds. The molecule has 2 unspecified atom stereocenters. The smallest absolute Gasteiger partial charge is 0.319 e. The van der Waals surface area contributed by atoms with Crippen LogP contribution in [-0.2, 0) is 4.79 Å². The summed E-state index contributed by atoms with van der Waals surface area (Å²) in [4.78, 5) is 32.9. The fourth-order valence-corrected chi connectivity index (χ4v) is 1.66. The summed E-state index contributed by atoms with van der Waals surface area (Å²) in [6, 6.07) is 3.14. The topological polar surface area (TPSA) is 122 Å². The summed E-state index contributed by atoms with van der Waals surface area (Å²) in [6.07, 6.45) is 0. The normalized spacial score (nSPS) is 13.1. The Balaban J connectivity index is 2.78. The zero-order valence-electron chi connectivity index (χ0n) is 11.9. The number of benzene rings is 1. The van der Waals surface area contributed by atoms with Gasteiger partial charge in [-0.05, 0) is 26.8 Å². The predicted octanol–water partition coefficient (Wildman–Crippen LogP) is 2.13. The van der Waals surface area contributed by atoms with Crippen molar-refractivity contribution in [2.75, 3.05) is 5.32 Å². The van der Waals surface area contributed by atoms with E-state index in [4.69, 9.17) is 5.11 Å². The average molecular weight is 295 g/mol. The molecule has 0 fully saturated rings. The summed E-state index contributed by atoms with van der Waals surface area (Å²) >= 11 is 0. The molecule has 8 nitrogen and oxygen atoms in total. The molecule has 1 rings (SSSR count). The number of carboxylic acid groups (broad SMARTS) is 1. The van der Waals surface area contributed by atoms with Gasteiger partial charge in [-0.1, -0.05) is 6.07 Å². The van der Waals surface area contributed by atoms with Gasteiger partial charge in [-0.2, -0.15) is 0 Å². The van der Waals surface area contributed by atoms with Crippen LogP contribution in [0, 0.1) is 23.0 Å². The van der Waals surface area contributed by atoms with Gasteiger partial charge in [-0.25, -0.2) is 4.79 Å². The molecule has 1 aromatic carbocycles. The van der Waals surface area contributed by atoms with Gasteiger partial charge in [0.2, 0.25) is 0 Å². The second kappa shape index (κ2) is 6.69. The number of nitrogens with one attached hydrogen (secondary N) is 2. The number of hydrogen-bond donors (Lipinski definition) is 3. The maximum atomic E-state index is 11.8. The number of urea groups is 1. The summed E-state index contributed by atoms with van der Waals surface area (Å²) in [6.45, 7) is 4.57. The molecule has 0 aromatic heterocycles. The molecule has 0 aliphatic rings. The number of carboxylic acids is 1. The zero-order chi connectivity index (χ0) is 16.2. The highest BCUT2D eigenvalue weighted by Gasteiger charge is 2.21. The molecule has 1 aromatic rings. The number of aliphatic carboxylic acids is 1. The average Bonchev–Trinajstić information content (AvgIpc) is 2.39. The first-order chi connectivity index (χ1) is 9.73. The minimum atomic E-state index is -1.02. The second-order valence-electron chi connectivity index (χ2n) is 4.72. The third-order valence-corrected chi connectivity index (χ3v) is 3.25. The van der Waals surface area contributed by atoms with E-state index in [9.17, 15) is 19.7 Å². The SMILES string of the molecule is Cc1c(NC(=O)NC(C)C(C)C(=O)O)cccc1[N+](=O)[O-]. The number of carbonyl (C=O) groups excluding carboxylic acids is 1. The number of nitro benzene ring substituents is 1. The molecular formula is C13H17N3O5. The van der Waals surface area contributed by atoms with Crippen LogP contribution in [0.1, 0.15) is 19.4 Å². The highest BCUT2D eigenvalue weighted by Crippen LogP contribution is 2.24. The van der Waals surface area contributed by atoms with Gasteiger partial charge >= 0.3 is 12.0 Å². The maximum absolute atomic E-state index is 11.8. The molecular weight excluding hydrogens is 278 g/mol. The van der Waals surface area contributed by atoms with Crippen LogP contribution in [0.3, 0.4) is 0 Å². The van der Waals surface area contributed by atoms with Gasteiger partial charge < -0.3 is 15.7 Å². The lowest BCUT2D eigenvalue weighted by atomic mass is 10.0. The van der Waals surface area contributed by atoms with Gasteiger partial charge in [0, 0.05) is 12.1 Å². The van der Waals surface area contributed by atoms with Gasteiger partial charge in [0.05, 0.1) is 22.1 Å². The highest BCUT2D eigenvalue weighted by molar-refractivity contribution is 5.91. The van der Waals surface area contributed by atoms with Gasteiger partial charge in [0.15, 0.2) is 0 Å². The van der Waals surface area contributed by atoms with Crippen LogP contribution >= 0.6 is 0 Å². The standard InChI is InChI=1S/C13H17N3O5/c1-7(12(17)18)9(3)14-13(19)15-10-5-4-6-11(8(10)2)16(20)21/h4-7,9H,1-3H3,(H,17,18)(H2,14,15,19). The van der Waals surface area contributed by atoms with Crippen molar-refractivity contribution in [1.29, 1.82) is 0 Å². The van der Waals surface area contributed by atoms with E-state index in [1.807, 2.05) is 0 Å². The molecule has 0 aliphatic carbocycles. The minimum absolute atomic E-state index is 0.0975. The fourth-order valence-electron chi connectivity index (χ4n) is 1.66. The third kappa shape index (κ3) is 4.16. The quantitative estimate of drug-likeness (QED) is 0.567. The van der Waals surface area contributed by atoms with E-state index < -0.39 is 28.9 Å². The van der Waals surface area contributed by atoms with Gasteiger partial charge in [-0.15, -0.1) is 0 Å². The molecule has 2 atom stereocenters. The Labute approximate surface area is 121 Å². The van der Waals surface area contributed by atoms with E-state index >= 15 is 0 Å². The Morgan fingerprint density at radius 1 is 1.33 bits per heavy atom. The lowest BCUT2D eigenvalue weighted by molar-refractivity contribution is -0.385. The van der Waals surface area contributed by atoms with Crippen LogP contribution in [0.4, 0.5) is 16.2 Å². The molecule has 0 spiro atoms. The molecule has 0 radical (unpaired) electrons. The van der Waals surface area contributed by atoms with Crippen molar-refractivity contribution in [2.45, 2.75) is 26.8 Å². The lowest BCUT2D eigenvalue weighted by Gasteiger charge is -2.18. The first-order valence-electron chi connectivity index (χ1n) is 6.28. The second-order valence-corrected chi connectivity index (χ2v) is 4.72. The van der Waals surface area contributed by atoms with Crippen molar-refractivity contribution >= 4 is 23.4 Å². The molecule has 0 aliphatic heterocycles. The zero-order valence-corrected chi connectivity index (χ0v) is 11.9. The van der Waals surface area contributed by atoms with Crippen LogP contribution in [0.2, 0.25) is 0 Å². The lowest BCUT2D eigenvalue weighted by Crippen LogP contribution is -2.42. The predicted molar refractivity (Wildman–Crippen MR) is 76.2 cm³/mol. The summed E-state index contributed by atoms with van der Waals surface area (Å²) in [7, 11) is 0.